The first-order valence-electron chi connectivity index (χ1n) is 6.44. The fraction of sp³-hybridized carbons (Fsp3) is 0.571. The third kappa shape index (κ3) is 3.48. The molecule has 4 nitrogen and oxygen atoms in total. The third-order valence-corrected chi connectivity index (χ3v) is 4.99. The fourth-order valence-electron chi connectivity index (χ4n) is 2.32. The molecule has 1 aromatic carbocycles. The molecule has 106 valence electrons. The zero-order chi connectivity index (χ0) is 13.8. The molecule has 1 heterocycles. The molecule has 0 bridgehead atoms. The van der Waals surface area contributed by atoms with Gasteiger partial charge >= 0.3 is 0 Å². The minimum absolute atomic E-state index is 0.116. The molecule has 1 aliphatic rings. The molecule has 1 fully saturated rings. The highest BCUT2D eigenvalue weighted by Gasteiger charge is 2.22. The summed E-state index contributed by atoms with van der Waals surface area (Å²) in [6, 6.07) is 5.98. The van der Waals surface area contributed by atoms with Crippen molar-refractivity contribution in [2.45, 2.75) is 13.0 Å². The van der Waals surface area contributed by atoms with Gasteiger partial charge in [-0.1, -0.05) is 13.0 Å². The molecule has 1 aromatic rings. The van der Waals surface area contributed by atoms with Crippen molar-refractivity contribution in [1.29, 1.82) is 0 Å². The summed E-state index contributed by atoms with van der Waals surface area (Å²) in [5.41, 5.74) is 1.10. The summed E-state index contributed by atoms with van der Waals surface area (Å²) in [4.78, 5) is 0. The first-order valence-corrected chi connectivity index (χ1v) is 7.93. The first kappa shape index (κ1) is 14.3. The highest BCUT2D eigenvalue weighted by molar-refractivity contribution is 7.85. The van der Waals surface area contributed by atoms with Crippen LogP contribution in [-0.2, 0) is 10.8 Å². The second-order valence-corrected chi connectivity index (χ2v) is 6.50. The van der Waals surface area contributed by atoms with Gasteiger partial charge in [0, 0.05) is 28.3 Å². The molecule has 3 unspecified atom stereocenters. The molecule has 0 amide bonds. The molecule has 0 aliphatic carbocycles. The van der Waals surface area contributed by atoms with Gasteiger partial charge in [-0.3, -0.25) is 4.21 Å². The van der Waals surface area contributed by atoms with Crippen LogP contribution in [-0.4, -0.2) is 36.5 Å². The van der Waals surface area contributed by atoms with Gasteiger partial charge in [0.2, 0.25) is 0 Å². The molecule has 0 saturated carbocycles. The van der Waals surface area contributed by atoms with E-state index in [2.05, 4.69) is 12.2 Å². The van der Waals surface area contributed by atoms with E-state index in [0.717, 1.165) is 23.6 Å². The van der Waals surface area contributed by atoms with Gasteiger partial charge in [-0.05, 0) is 30.2 Å². The normalized spacial score (nSPS) is 27.6. The minimum atomic E-state index is -0.768. The second-order valence-electron chi connectivity index (χ2n) is 4.95. The molecule has 5 heteroatoms. The zero-order valence-corrected chi connectivity index (χ0v) is 12.5. The topological polar surface area (TPSA) is 47.6 Å². The van der Waals surface area contributed by atoms with Crippen LogP contribution in [0.15, 0.2) is 18.2 Å². The van der Waals surface area contributed by atoms with Gasteiger partial charge in [0.05, 0.1) is 14.2 Å². The lowest BCUT2D eigenvalue weighted by molar-refractivity contribution is 0.354. The van der Waals surface area contributed by atoms with E-state index in [9.17, 15) is 4.21 Å². The summed E-state index contributed by atoms with van der Waals surface area (Å²) in [6.07, 6.45) is 0. The molecular weight excluding hydrogens is 262 g/mol. The molecule has 1 saturated heterocycles. The maximum atomic E-state index is 12.0. The Kier molecular flexibility index (Phi) is 4.82. The number of benzene rings is 1. The van der Waals surface area contributed by atoms with E-state index in [1.807, 2.05) is 18.2 Å². The van der Waals surface area contributed by atoms with Gasteiger partial charge in [-0.15, -0.1) is 0 Å². The predicted molar refractivity (Wildman–Crippen MR) is 77.3 cm³/mol. The lowest BCUT2D eigenvalue weighted by atomic mass is 10.1. The van der Waals surface area contributed by atoms with E-state index < -0.39 is 10.8 Å². The second kappa shape index (κ2) is 6.39. The van der Waals surface area contributed by atoms with Crippen molar-refractivity contribution in [3.05, 3.63) is 23.8 Å². The average molecular weight is 283 g/mol. The van der Waals surface area contributed by atoms with Crippen molar-refractivity contribution in [3.63, 3.8) is 0 Å². The number of hydrogen-bond acceptors (Lipinski definition) is 4. The summed E-state index contributed by atoms with van der Waals surface area (Å²) in [5.74, 6) is 3.31. The van der Waals surface area contributed by atoms with Crippen LogP contribution in [0, 0.1) is 5.92 Å². The van der Waals surface area contributed by atoms with Crippen molar-refractivity contribution >= 4 is 10.8 Å². The lowest BCUT2D eigenvalue weighted by Gasteiger charge is -2.18. The maximum Gasteiger partial charge on any atom is 0.161 e. The van der Waals surface area contributed by atoms with Crippen LogP contribution in [0.2, 0.25) is 0 Å². The Morgan fingerprint density at radius 1 is 1.21 bits per heavy atom. The number of rotatable bonds is 3. The SMILES string of the molecule is COc1ccc(C2CS(=O)CC(C)CN2)cc1OC. The number of ether oxygens (including phenoxy) is 2. The predicted octanol–water partition coefficient (Wildman–Crippen LogP) is 1.73. The summed E-state index contributed by atoms with van der Waals surface area (Å²) < 4.78 is 22.5. The molecule has 3 atom stereocenters. The van der Waals surface area contributed by atoms with E-state index in [4.69, 9.17) is 9.47 Å². The zero-order valence-electron chi connectivity index (χ0n) is 11.6. The van der Waals surface area contributed by atoms with Crippen LogP contribution >= 0.6 is 0 Å². The highest BCUT2D eigenvalue weighted by Crippen LogP contribution is 2.30. The molecule has 0 radical (unpaired) electrons. The van der Waals surface area contributed by atoms with Gasteiger partial charge < -0.3 is 14.8 Å². The van der Waals surface area contributed by atoms with E-state index in [1.54, 1.807) is 14.2 Å². The average Bonchev–Trinajstić information content (AvgIpc) is 2.58. The fourth-order valence-corrected chi connectivity index (χ4v) is 3.89. The van der Waals surface area contributed by atoms with Crippen molar-refractivity contribution in [2.24, 2.45) is 5.92 Å². The summed E-state index contributed by atoms with van der Waals surface area (Å²) in [6.45, 7) is 3.02. The summed E-state index contributed by atoms with van der Waals surface area (Å²) in [7, 11) is 2.48. The van der Waals surface area contributed by atoms with Gasteiger partial charge in [0.15, 0.2) is 11.5 Å². The van der Waals surface area contributed by atoms with Crippen LogP contribution in [0.1, 0.15) is 18.5 Å². The number of hydrogen-bond donors (Lipinski definition) is 1. The number of methoxy groups -OCH3 is 2. The molecule has 0 spiro atoms. The van der Waals surface area contributed by atoms with Gasteiger partial charge in [-0.2, -0.15) is 0 Å². The van der Waals surface area contributed by atoms with Gasteiger partial charge in [-0.25, -0.2) is 0 Å². The van der Waals surface area contributed by atoms with Gasteiger partial charge in [0.1, 0.15) is 0 Å². The van der Waals surface area contributed by atoms with Crippen LogP contribution in [0.4, 0.5) is 0 Å². The Morgan fingerprint density at radius 2 is 1.95 bits per heavy atom. The van der Waals surface area contributed by atoms with E-state index in [1.165, 1.54) is 0 Å². The minimum Gasteiger partial charge on any atom is -0.493 e. The first-order chi connectivity index (χ1) is 9.13. The Bertz CT molecular complexity index is 464. The van der Waals surface area contributed by atoms with Crippen LogP contribution in [0.5, 0.6) is 11.5 Å². The standard InChI is InChI=1S/C14H21NO3S/c1-10-7-15-12(9-19(16)8-10)11-4-5-13(17-2)14(6-11)18-3/h4-6,10,12,15H,7-9H2,1-3H3. The van der Waals surface area contributed by atoms with Crippen molar-refractivity contribution in [2.75, 3.05) is 32.3 Å². The Hall–Kier alpha value is -1.07. The quantitative estimate of drug-likeness (QED) is 0.918. The van der Waals surface area contributed by atoms with E-state index in [0.29, 0.717) is 17.4 Å². The largest absolute Gasteiger partial charge is 0.493 e. The van der Waals surface area contributed by atoms with E-state index >= 15 is 0 Å². The van der Waals surface area contributed by atoms with Gasteiger partial charge in [0.25, 0.3) is 0 Å². The smallest absolute Gasteiger partial charge is 0.161 e. The molecular formula is C14H21NO3S. The Morgan fingerprint density at radius 3 is 2.63 bits per heavy atom. The Labute approximate surface area is 116 Å². The molecule has 0 aromatic heterocycles. The van der Waals surface area contributed by atoms with Crippen LogP contribution in [0.3, 0.4) is 0 Å². The summed E-state index contributed by atoms with van der Waals surface area (Å²) in [5, 5.41) is 3.48. The molecule has 1 N–H and O–H groups in total. The van der Waals surface area contributed by atoms with Crippen molar-refractivity contribution in [1.82, 2.24) is 5.32 Å². The molecule has 1 aliphatic heterocycles. The van der Waals surface area contributed by atoms with Crippen molar-refractivity contribution in [3.8, 4) is 11.5 Å². The monoisotopic (exact) mass is 283 g/mol. The van der Waals surface area contributed by atoms with E-state index in [-0.39, 0.29) is 6.04 Å². The molecule has 2 rings (SSSR count). The maximum absolute atomic E-state index is 12.0. The summed E-state index contributed by atoms with van der Waals surface area (Å²) >= 11 is 0. The van der Waals surface area contributed by atoms with Crippen LogP contribution in [0.25, 0.3) is 0 Å². The lowest BCUT2D eigenvalue weighted by Crippen LogP contribution is -2.25. The Balaban J connectivity index is 2.23. The van der Waals surface area contributed by atoms with Crippen molar-refractivity contribution < 1.29 is 13.7 Å². The number of nitrogens with one attached hydrogen (secondary N) is 1. The van der Waals surface area contributed by atoms with Crippen LogP contribution < -0.4 is 14.8 Å². The third-order valence-electron chi connectivity index (χ3n) is 3.35. The molecule has 19 heavy (non-hydrogen) atoms. The highest BCUT2D eigenvalue weighted by atomic mass is 32.2.